The lowest BCUT2D eigenvalue weighted by atomic mass is 10.1. The summed E-state index contributed by atoms with van der Waals surface area (Å²) in [5.41, 5.74) is 0. The first-order valence-electron chi connectivity index (χ1n) is 4.36. The van der Waals surface area contributed by atoms with Gasteiger partial charge in [0.25, 0.3) is 0 Å². The van der Waals surface area contributed by atoms with E-state index >= 15 is 0 Å². The fourth-order valence-electron chi connectivity index (χ4n) is 0.911. The molecule has 2 unspecified atom stereocenters. The average Bonchev–Trinajstić information content (AvgIpc) is 2.13. The zero-order valence-corrected chi connectivity index (χ0v) is 8.46. The normalized spacial score (nSPS) is 14.3. The van der Waals surface area contributed by atoms with E-state index in [0.717, 1.165) is 0 Å². The smallest absolute Gasteiger partial charge is 0.309 e. The summed E-state index contributed by atoms with van der Waals surface area (Å²) in [6.45, 7) is 4.42. The highest BCUT2D eigenvalue weighted by molar-refractivity contribution is 5.72. The zero-order valence-electron chi connectivity index (χ0n) is 8.46. The Hall–Kier alpha value is -1.01. The van der Waals surface area contributed by atoms with Crippen molar-refractivity contribution in [1.29, 1.82) is 0 Å². The Bertz CT molecular complexity index is 196. The maximum absolute atomic E-state index is 11.0. The van der Waals surface area contributed by atoms with Crippen LogP contribution in [0.5, 0.6) is 0 Å². The van der Waals surface area contributed by atoms with Crippen LogP contribution in [0.4, 0.5) is 0 Å². The van der Waals surface area contributed by atoms with Crippen molar-refractivity contribution >= 4 is 5.97 Å². The number of hydrogen-bond acceptors (Lipinski definition) is 3. The Balaban J connectivity index is 3.64. The first kappa shape index (κ1) is 12.0. The number of esters is 1. The van der Waals surface area contributed by atoms with Crippen LogP contribution in [0.3, 0.4) is 0 Å². The van der Waals surface area contributed by atoms with Crippen LogP contribution in [-0.4, -0.2) is 25.7 Å². The number of rotatable bonds is 5. The van der Waals surface area contributed by atoms with Gasteiger partial charge in [0.2, 0.25) is 0 Å². The summed E-state index contributed by atoms with van der Waals surface area (Å²) >= 11 is 0. The maximum atomic E-state index is 11.0. The number of nitrogens with one attached hydrogen (secondary N) is 1. The molecule has 0 heterocycles. The minimum Gasteiger partial charge on any atom is -0.469 e. The van der Waals surface area contributed by atoms with Gasteiger partial charge in [-0.15, -0.1) is 12.3 Å². The van der Waals surface area contributed by atoms with Crippen molar-refractivity contribution in [1.82, 2.24) is 5.32 Å². The van der Waals surface area contributed by atoms with Crippen LogP contribution in [0.2, 0.25) is 0 Å². The molecule has 0 rings (SSSR count). The van der Waals surface area contributed by atoms with Crippen molar-refractivity contribution in [3.8, 4) is 12.3 Å². The van der Waals surface area contributed by atoms with Gasteiger partial charge in [-0.05, 0) is 6.92 Å². The molecule has 0 bridgehead atoms. The van der Waals surface area contributed by atoms with E-state index in [2.05, 4.69) is 16.0 Å². The van der Waals surface area contributed by atoms with Crippen LogP contribution in [0.1, 0.15) is 20.3 Å². The summed E-state index contributed by atoms with van der Waals surface area (Å²) in [6, 6.07) is 0.247. The van der Waals surface area contributed by atoms with Crippen molar-refractivity contribution in [3.05, 3.63) is 0 Å². The van der Waals surface area contributed by atoms with Crippen LogP contribution < -0.4 is 5.32 Å². The van der Waals surface area contributed by atoms with E-state index in [1.54, 1.807) is 0 Å². The van der Waals surface area contributed by atoms with Crippen molar-refractivity contribution < 1.29 is 9.53 Å². The minimum absolute atomic E-state index is 0.120. The molecule has 2 atom stereocenters. The molecule has 0 aliphatic heterocycles. The van der Waals surface area contributed by atoms with Crippen LogP contribution in [0.15, 0.2) is 0 Å². The molecule has 1 N–H and O–H groups in total. The van der Waals surface area contributed by atoms with Gasteiger partial charge >= 0.3 is 5.97 Å². The van der Waals surface area contributed by atoms with Gasteiger partial charge in [0.1, 0.15) is 0 Å². The summed E-state index contributed by atoms with van der Waals surface area (Å²) in [5.74, 6) is 2.24. The predicted molar refractivity (Wildman–Crippen MR) is 52.1 cm³/mol. The summed E-state index contributed by atoms with van der Waals surface area (Å²) in [7, 11) is 1.39. The molecule has 0 amide bonds. The van der Waals surface area contributed by atoms with Crippen LogP contribution in [0, 0.1) is 18.3 Å². The molecule has 0 aromatic heterocycles. The first-order valence-corrected chi connectivity index (χ1v) is 4.36. The van der Waals surface area contributed by atoms with E-state index < -0.39 is 0 Å². The molecule has 0 spiro atoms. The number of terminal acetylenes is 1. The molecular weight excluding hydrogens is 166 g/mol. The lowest BCUT2D eigenvalue weighted by Crippen LogP contribution is -2.33. The van der Waals surface area contributed by atoms with E-state index in [0.29, 0.717) is 13.0 Å². The van der Waals surface area contributed by atoms with Crippen molar-refractivity contribution in [2.24, 2.45) is 5.92 Å². The molecule has 0 saturated carbocycles. The van der Waals surface area contributed by atoms with E-state index in [1.807, 2.05) is 13.8 Å². The molecule has 3 nitrogen and oxygen atoms in total. The molecule has 0 aromatic rings. The van der Waals surface area contributed by atoms with Crippen LogP contribution >= 0.6 is 0 Å². The highest BCUT2D eigenvalue weighted by Crippen LogP contribution is 1.97. The number of hydrogen-bond donors (Lipinski definition) is 1. The minimum atomic E-state index is -0.194. The third kappa shape index (κ3) is 5.26. The summed E-state index contributed by atoms with van der Waals surface area (Å²) in [5, 5.41) is 3.16. The highest BCUT2D eigenvalue weighted by atomic mass is 16.5. The van der Waals surface area contributed by atoms with Gasteiger partial charge in [0.15, 0.2) is 0 Å². The van der Waals surface area contributed by atoms with Gasteiger partial charge in [-0.3, -0.25) is 4.79 Å². The monoisotopic (exact) mass is 183 g/mol. The number of methoxy groups -OCH3 is 1. The van der Waals surface area contributed by atoms with Crippen LogP contribution in [0.25, 0.3) is 0 Å². The van der Waals surface area contributed by atoms with E-state index in [4.69, 9.17) is 6.42 Å². The predicted octanol–water partition coefficient (Wildman–Crippen LogP) is 0.797. The molecule has 0 aliphatic carbocycles. The topological polar surface area (TPSA) is 38.3 Å². The molecular formula is C10H17NO2. The lowest BCUT2D eigenvalue weighted by molar-refractivity contribution is -0.144. The molecule has 74 valence electrons. The molecule has 0 aliphatic rings. The molecule has 0 fully saturated rings. The van der Waals surface area contributed by atoms with Crippen molar-refractivity contribution in [3.63, 3.8) is 0 Å². The van der Waals surface area contributed by atoms with Crippen molar-refractivity contribution in [2.75, 3.05) is 13.7 Å². The van der Waals surface area contributed by atoms with E-state index in [-0.39, 0.29) is 17.9 Å². The van der Waals surface area contributed by atoms with Gasteiger partial charge < -0.3 is 10.1 Å². The van der Waals surface area contributed by atoms with E-state index in [1.165, 1.54) is 7.11 Å². The van der Waals surface area contributed by atoms with E-state index in [9.17, 15) is 4.79 Å². The molecule has 13 heavy (non-hydrogen) atoms. The maximum Gasteiger partial charge on any atom is 0.309 e. The Labute approximate surface area is 79.8 Å². The fourth-order valence-corrected chi connectivity index (χ4v) is 0.911. The number of carbonyl (C=O) groups is 1. The molecule has 0 aromatic carbocycles. The third-order valence-electron chi connectivity index (χ3n) is 1.80. The zero-order chi connectivity index (χ0) is 10.3. The standard InChI is InChI=1S/C10H17NO2/c1-5-6-9(3)11-7-8(2)10(12)13-4/h1,8-9,11H,6-7H2,2-4H3. The Morgan fingerprint density at radius 2 is 2.23 bits per heavy atom. The Morgan fingerprint density at radius 1 is 1.62 bits per heavy atom. The van der Waals surface area contributed by atoms with Crippen molar-refractivity contribution in [2.45, 2.75) is 26.3 Å². The Morgan fingerprint density at radius 3 is 2.69 bits per heavy atom. The van der Waals surface area contributed by atoms with Gasteiger partial charge in [0, 0.05) is 19.0 Å². The Kier molecular flexibility index (Phi) is 5.99. The second-order valence-electron chi connectivity index (χ2n) is 3.14. The molecule has 3 heteroatoms. The van der Waals surface area contributed by atoms with Gasteiger partial charge in [-0.25, -0.2) is 0 Å². The lowest BCUT2D eigenvalue weighted by Gasteiger charge is -2.14. The van der Waals surface area contributed by atoms with Gasteiger partial charge in [-0.1, -0.05) is 6.92 Å². The van der Waals surface area contributed by atoms with Gasteiger partial charge in [-0.2, -0.15) is 0 Å². The number of carbonyl (C=O) groups excluding carboxylic acids is 1. The highest BCUT2D eigenvalue weighted by Gasteiger charge is 2.13. The summed E-state index contributed by atoms with van der Waals surface area (Å²) in [6.07, 6.45) is 5.81. The summed E-state index contributed by atoms with van der Waals surface area (Å²) in [4.78, 5) is 11.0. The average molecular weight is 183 g/mol. The second kappa shape index (κ2) is 6.50. The number of ether oxygens (including phenoxy) is 1. The van der Waals surface area contributed by atoms with Crippen LogP contribution in [-0.2, 0) is 9.53 Å². The molecule has 0 radical (unpaired) electrons. The third-order valence-corrected chi connectivity index (χ3v) is 1.80. The summed E-state index contributed by atoms with van der Waals surface area (Å²) < 4.78 is 4.59. The van der Waals surface area contributed by atoms with Gasteiger partial charge in [0.05, 0.1) is 13.0 Å². The SMILES string of the molecule is C#CCC(C)NCC(C)C(=O)OC. The molecule has 0 saturated heterocycles. The fraction of sp³-hybridized carbons (Fsp3) is 0.700. The quantitative estimate of drug-likeness (QED) is 0.506. The largest absolute Gasteiger partial charge is 0.469 e. The second-order valence-corrected chi connectivity index (χ2v) is 3.14. The first-order chi connectivity index (χ1) is 6.11.